The lowest BCUT2D eigenvalue weighted by Gasteiger charge is -2.08. The van der Waals surface area contributed by atoms with Crippen LogP contribution in [-0.2, 0) is 6.54 Å². The second kappa shape index (κ2) is 7.48. The second-order valence-electron chi connectivity index (χ2n) is 6.18. The van der Waals surface area contributed by atoms with Crippen molar-refractivity contribution in [2.24, 2.45) is 4.99 Å². The fourth-order valence-electron chi connectivity index (χ4n) is 2.91. The summed E-state index contributed by atoms with van der Waals surface area (Å²) in [4.78, 5) is 10.8. The molecule has 0 unspecified atom stereocenters. The van der Waals surface area contributed by atoms with Crippen molar-refractivity contribution >= 4 is 28.5 Å². The van der Waals surface area contributed by atoms with Crippen LogP contribution in [0.4, 0.5) is 20.2 Å². The molecule has 0 saturated carbocycles. The molecule has 3 N–H and O–H groups in total. The van der Waals surface area contributed by atoms with Crippen LogP contribution in [0, 0.1) is 11.6 Å². The van der Waals surface area contributed by atoms with Crippen LogP contribution in [0.15, 0.2) is 65.9 Å². The van der Waals surface area contributed by atoms with E-state index in [1.807, 2.05) is 12.1 Å². The van der Waals surface area contributed by atoms with E-state index in [1.165, 1.54) is 18.3 Å². The summed E-state index contributed by atoms with van der Waals surface area (Å²) in [6, 6.07) is 12.7. The number of aromatic amines is 1. The van der Waals surface area contributed by atoms with Gasteiger partial charge in [0.1, 0.15) is 11.6 Å². The Morgan fingerprint density at radius 3 is 2.68 bits per heavy atom. The smallest absolute Gasteiger partial charge is 0.198 e. The number of hydrogen-bond donors (Lipinski definition) is 3. The van der Waals surface area contributed by atoms with Gasteiger partial charge in [0.25, 0.3) is 0 Å². The van der Waals surface area contributed by atoms with Crippen molar-refractivity contribution in [3.63, 3.8) is 0 Å². The summed E-state index contributed by atoms with van der Waals surface area (Å²) in [5, 5.41) is 13.3. The van der Waals surface area contributed by atoms with Crippen molar-refractivity contribution in [2.75, 3.05) is 5.32 Å². The third-order valence-corrected chi connectivity index (χ3v) is 4.32. The Morgan fingerprint density at radius 2 is 1.89 bits per heavy atom. The second-order valence-corrected chi connectivity index (χ2v) is 6.18. The quantitative estimate of drug-likeness (QED) is 0.432. The molecule has 5 nitrogen and oxygen atoms in total. The van der Waals surface area contributed by atoms with Gasteiger partial charge in [0.05, 0.1) is 22.5 Å². The lowest BCUT2D eigenvalue weighted by atomic mass is 10.1. The molecule has 2 aromatic carbocycles. The summed E-state index contributed by atoms with van der Waals surface area (Å²) in [6.07, 6.45) is 4.67. The molecule has 0 aliphatic carbocycles. The van der Waals surface area contributed by atoms with Gasteiger partial charge >= 0.3 is 0 Å². The number of aliphatic imine (C=N–C) groups is 1. The molecule has 0 fully saturated rings. The van der Waals surface area contributed by atoms with Gasteiger partial charge in [0.2, 0.25) is 0 Å². The van der Waals surface area contributed by atoms with E-state index in [0.29, 0.717) is 23.4 Å². The molecular formula is C21H16F2N4O. The molecule has 0 bridgehead atoms. The first-order valence-electron chi connectivity index (χ1n) is 8.57. The SMILES string of the molecule is Oc1[nH]c2cccc(F)c2c1C=Nc1ccc(NCc2ccncc2)c(F)c1. The fourth-order valence-corrected chi connectivity index (χ4v) is 2.91. The maximum Gasteiger partial charge on any atom is 0.198 e. The van der Waals surface area contributed by atoms with Crippen LogP contribution in [0.3, 0.4) is 0 Å². The Kier molecular flexibility index (Phi) is 4.72. The van der Waals surface area contributed by atoms with Crippen LogP contribution < -0.4 is 5.32 Å². The Balaban J connectivity index is 1.55. The molecule has 2 aromatic heterocycles. The van der Waals surface area contributed by atoms with Gasteiger partial charge in [-0.15, -0.1) is 0 Å². The van der Waals surface area contributed by atoms with E-state index in [1.54, 1.807) is 36.7 Å². The summed E-state index contributed by atoms with van der Waals surface area (Å²) in [7, 11) is 0. The fraction of sp³-hybridized carbons (Fsp3) is 0.0476. The number of pyridine rings is 1. The summed E-state index contributed by atoms with van der Waals surface area (Å²) in [6.45, 7) is 0.463. The van der Waals surface area contributed by atoms with Crippen LogP contribution in [0.5, 0.6) is 5.88 Å². The zero-order valence-electron chi connectivity index (χ0n) is 14.7. The minimum atomic E-state index is -0.475. The first-order valence-corrected chi connectivity index (χ1v) is 8.57. The van der Waals surface area contributed by atoms with Crippen molar-refractivity contribution < 1.29 is 13.9 Å². The molecule has 4 aromatic rings. The standard InChI is InChI=1S/C21H16F2N4O/c22-16-2-1-3-19-20(16)15(21(28)27-19)12-25-14-4-5-18(17(23)10-14)26-11-13-6-8-24-9-7-13/h1-10,12,26-28H,11H2. The Labute approximate surface area is 159 Å². The zero-order valence-corrected chi connectivity index (χ0v) is 14.7. The molecule has 0 spiro atoms. The number of fused-ring (bicyclic) bond motifs is 1. The van der Waals surface area contributed by atoms with Gasteiger partial charge in [0.15, 0.2) is 5.88 Å². The highest BCUT2D eigenvalue weighted by molar-refractivity contribution is 6.02. The molecular weight excluding hydrogens is 362 g/mol. The zero-order chi connectivity index (χ0) is 19.5. The number of nitrogens with zero attached hydrogens (tertiary/aromatic N) is 2. The van der Waals surface area contributed by atoms with Crippen LogP contribution in [-0.4, -0.2) is 21.3 Å². The minimum absolute atomic E-state index is 0.194. The third kappa shape index (κ3) is 3.55. The predicted molar refractivity (Wildman–Crippen MR) is 105 cm³/mol. The van der Waals surface area contributed by atoms with Gasteiger partial charge in [-0.25, -0.2) is 8.78 Å². The Morgan fingerprint density at radius 1 is 1.07 bits per heavy atom. The summed E-state index contributed by atoms with van der Waals surface area (Å²) >= 11 is 0. The number of halogens is 2. The predicted octanol–water partition coefficient (Wildman–Crippen LogP) is 4.91. The third-order valence-electron chi connectivity index (χ3n) is 4.32. The van der Waals surface area contributed by atoms with Crippen molar-refractivity contribution in [3.8, 4) is 5.88 Å². The van der Waals surface area contributed by atoms with E-state index in [4.69, 9.17) is 0 Å². The molecule has 0 aliphatic heterocycles. The molecule has 0 radical (unpaired) electrons. The topological polar surface area (TPSA) is 73.3 Å². The van der Waals surface area contributed by atoms with E-state index in [9.17, 15) is 13.9 Å². The molecule has 0 amide bonds. The van der Waals surface area contributed by atoms with E-state index in [0.717, 1.165) is 5.56 Å². The lowest BCUT2D eigenvalue weighted by Crippen LogP contribution is -2.01. The molecule has 4 rings (SSSR count). The van der Waals surface area contributed by atoms with E-state index >= 15 is 0 Å². The Bertz CT molecular complexity index is 1160. The van der Waals surface area contributed by atoms with Gasteiger partial charge in [-0.3, -0.25) is 9.98 Å². The van der Waals surface area contributed by atoms with Crippen LogP contribution in [0.25, 0.3) is 10.9 Å². The highest BCUT2D eigenvalue weighted by Crippen LogP contribution is 2.29. The largest absolute Gasteiger partial charge is 0.494 e. The summed E-state index contributed by atoms with van der Waals surface area (Å²) in [5.74, 6) is -1.13. The number of anilines is 1. The first-order chi connectivity index (χ1) is 13.6. The van der Waals surface area contributed by atoms with E-state index < -0.39 is 11.6 Å². The first kappa shape index (κ1) is 17.7. The van der Waals surface area contributed by atoms with Gasteiger partial charge < -0.3 is 15.4 Å². The maximum atomic E-state index is 14.4. The highest BCUT2D eigenvalue weighted by Gasteiger charge is 2.12. The van der Waals surface area contributed by atoms with E-state index in [2.05, 4.69) is 20.3 Å². The molecule has 0 aliphatic rings. The number of hydrogen-bond acceptors (Lipinski definition) is 4. The number of benzene rings is 2. The number of aromatic nitrogens is 2. The van der Waals surface area contributed by atoms with Crippen LogP contribution >= 0.6 is 0 Å². The Hall–Kier alpha value is -3.74. The van der Waals surface area contributed by atoms with Crippen molar-refractivity contribution in [1.29, 1.82) is 0 Å². The van der Waals surface area contributed by atoms with Crippen molar-refractivity contribution in [3.05, 3.63) is 83.7 Å². The number of nitrogens with one attached hydrogen (secondary N) is 2. The summed E-state index contributed by atoms with van der Waals surface area (Å²) in [5.41, 5.74) is 2.34. The average Bonchev–Trinajstić information content (AvgIpc) is 3.03. The molecule has 28 heavy (non-hydrogen) atoms. The minimum Gasteiger partial charge on any atom is -0.494 e. The van der Waals surface area contributed by atoms with Gasteiger partial charge in [-0.1, -0.05) is 6.07 Å². The van der Waals surface area contributed by atoms with Gasteiger partial charge in [-0.05, 0) is 42.0 Å². The normalized spacial score (nSPS) is 11.4. The average molecular weight is 378 g/mol. The molecule has 2 heterocycles. The van der Waals surface area contributed by atoms with E-state index in [-0.39, 0.29) is 16.8 Å². The number of H-pyrrole nitrogens is 1. The van der Waals surface area contributed by atoms with Crippen LogP contribution in [0.1, 0.15) is 11.1 Å². The lowest BCUT2D eigenvalue weighted by molar-refractivity contribution is 0.457. The van der Waals surface area contributed by atoms with Crippen LogP contribution in [0.2, 0.25) is 0 Å². The van der Waals surface area contributed by atoms with Gasteiger partial charge in [0, 0.05) is 36.6 Å². The molecule has 0 saturated heterocycles. The maximum absolute atomic E-state index is 14.4. The summed E-state index contributed by atoms with van der Waals surface area (Å²) < 4.78 is 28.4. The van der Waals surface area contributed by atoms with Gasteiger partial charge in [-0.2, -0.15) is 0 Å². The molecule has 0 atom stereocenters. The molecule has 140 valence electrons. The van der Waals surface area contributed by atoms with Crippen molar-refractivity contribution in [2.45, 2.75) is 6.54 Å². The number of aromatic hydroxyl groups is 1. The highest BCUT2D eigenvalue weighted by atomic mass is 19.1. The monoisotopic (exact) mass is 378 g/mol. The number of rotatable bonds is 5. The molecule has 7 heteroatoms. The van der Waals surface area contributed by atoms with Crippen molar-refractivity contribution in [1.82, 2.24) is 9.97 Å².